The van der Waals surface area contributed by atoms with Crippen molar-refractivity contribution in [2.24, 2.45) is 0 Å². The van der Waals surface area contributed by atoms with Gasteiger partial charge in [0.15, 0.2) is 0 Å². The number of aromatic nitrogens is 1. The number of pyridine rings is 1. The first kappa shape index (κ1) is 16.8. The van der Waals surface area contributed by atoms with Gasteiger partial charge in [-0.15, -0.1) is 0 Å². The van der Waals surface area contributed by atoms with Crippen molar-refractivity contribution in [3.05, 3.63) is 46.6 Å². The first-order chi connectivity index (χ1) is 10.4. The van der Waals surface area contributed by atoms with Crippen LogP contribution in [0.4, 0.5) is 17.2 Å². The van der Waals surface area contributed by atoms with E-state index >= 15 is 0 Å². The molecule has 0 fully saturated rings. The van der Waals surface area contributed by atoms with Gasteiger partial charge in [-0.3, -0.25) is 4.72 Å². The van der Waals surface area contributed by atoms with Crippen LogP contribution in [-0.4, -0.2) is 19.2 Å². The fourth-order valence-electron chi connectivity index (χ4n) is 1.85. The van der Waals surface area contributed by atoms with Crippen LogP contribution < -0.4 is 10.0 Å². The smallest absolute Gasteiger partial charge is 0.232 e. The van der Waals surface area contributed by atoms with Gasteiger partial charge in [-0.1, -0.05) is 28.9 Å². The lowest BCUT2D eigenvalue weighted by Gasteiger charge is -2.09. The van der Waals surface area contributed by atoms with E-state index in [9.17, 15) is 8.42 Å². The van der Waals surface area contributed by atoms with Crippen molar-refractivity contribution in [1.82, 2.24) is 4.98 Å². The summed E-state index contributed by atoms with van der Waals surface area (Å²) in [5.74, 6) is 0.749. The lowest BCUT2D eigenvalue weighted by atomic mass is 10.2. The van der Waals surface area contributed by atoms with Gasteiger partial charge >= 0.3 is 0 Å². The molecule has 1 aromatic carbocycles. The number of benzene rings is 1. The van der Waals surface area contributed by atoms with E-state index in [1.54, 1.807) is 12.1 Å². The lowest BCUT2D eigenvalue weighted by Crippen LogP contribution is -2.16. The lowest BCUT2D eigenvalue weighted by molar-refractivity contribution is 0.600. The summed E-state index contributed by atoms with van der Waals surface area (Å²) in [5, 5.41) is 3.17. The maximum Gasteiger partial charge on any atom is 0.232 e. The zero-order valence-electron chi connectivity index (χ0n) is 12.4. The van der Waals surface area contributed by atoms with E-state index in [1.165, 1.54) is 6.20 Å². The molecule has 0 spiro atoms. The zero-order chi connectivity index (χ0) is 16.2. The number of nitrogens with zero attached hydrogens (tertiary/aromatic N) is 1. The molecule has 0 radical (unpaired) electrons. The molecule has 1 heterocycles. The molecule has 1 aromatic heterocycles. The Morgan fingerprint density at radius 1 is 1.18 bits per heavy atom. The molecule has 22 heavy (non-hydrogen) atoms. The summed E-state index contributed by atoms with van der Waals surface area (Å²) in [6, 6.07) is 9.34. The van der Waals surface area contributed by atoms with Gasteiger partial charge in [-0.25, -0.2) is 13.4 Å². The molecule has 2 rings (SSSR count). The van der Waals surface area contributed by atoms with Crippen molar-refractivity contribution < 1.29 is 8.42 Å². The summed E-state index contributed by atoms with van der Waals surface area (Å²) in [6.07, 6.45) is 2.07. The van der Waals surface area contributed by atoms with Crippen LogP contribution in [0, 0.1) is 6.92 Å². The SMILES string of the molecule is CCCS(=O)(=O)Nc1ccc(Nc2ccc(C)c(Br)c2)nc1. The minimum atomic E-state index is -3.28. The quantitative estimate of drug-likeness (QED) is 0.788. The van der Waals surface area contributed by atoms with Gasteiger partial charge in [0.1, 0.15) is 5.82 Å². The number of sulfonamides is 1. The summed E-state index contributed by atoms with van der Waals surface area (Å²) >= 11 is 3.48. The van der Waals surface area contributed by atoms with Gasteiger partial charge in [-0.05, 0) is 43.2 Å². The average Bonchev–Trinajstić information content (AvgIpc) is 2.44. The largest absolute Gasteiger partial charge is 0.340 e. The minimum Gasteiger partial charge on any atom is -0.340 e. The van der Waals surface area contributed by atoms with Crippen molar-refractivity contribution >= 4 is 43.1 Å². The number of aryl methyl sites for hydroxylation is 1. The summed E-state index contributed by atoms with van der Waals surface area (Å²) < 4.78 is 26.9. The maximum absolute atomic E-state index is 11.7. The Morgan fingerprint density at radius 2 is 1.91 bits per heavy atom. The molecule has 7 heteroatoms. The predicted octanol–water partition coefficient (Wildman–Crippen LogP) is 4.05. The molecular formula is C15H18BrN3O2S. The van der Waals surface area contributed by atoms with E-state index in [0.29, 0.717) is 17.9 Å². The molecule has 2 N–H and O–H groups in total. The summed E-state index contributed by atoms with van der Waals surface area (Å²) in [5.41, 5.74) is 2.52. The Bertz CT molecular complexity index is 746. The molecule has 118 valence electrons. The van der Waals surface area contributed by atoms with Crippen LogP contribution in [-0.2, 0) is 10.0 Å². The average molecular weight is 384 g/mol. The highest BCUT2D eigenvalue weighted by molar-refractivity contribution is 9.10. The summed E-state index contributed by atoms with van der Waals surface area (Å²) in [7, 11) is -3.28. The van der Waals surface area contributed by atoms with Gasteiger partial charge in [0.2, 0.25) is 10.0 Å². The van der Waals surface area contributed by atoms with E-state index < -0.39 is 10.0 Å². The molecule has 5 nitrogen and oxygen atoms in total. The number of hydrogen-bond donors (Lipinski definition) is 2. The first-order valence-electron chi connectivity index (χ1n) is 6.89. The maximum atomic E-state index is 11.7. The second-order valence-corrected chi connectivity index (χ2v) is 7.64. The third-order valence-corrected chi connectivity index (χ3v) is 5.30. The van der Waals surface area contributed by atoms with Crippen LogP contribution in [0.15, 0.2) is 41.0 Å². The second kappa shape index (κ2) is 7.11. The Kier molecular flexibility index (Phi) is 5.42. The molecule has 2 aromatic rings. The highest BCUT2D eigenvalue weighted by atomic mass is 79.9. The molecule has 0 atom stereocenters. The molecule has 0 unspecified atom stereocenters. The fraction of sp³-hybridized carbons (Fsp3) is 0.267. The number of nitrogens with one attached hydrogen (secondary N) is 2. The topological polar surface area (TPSA) is 71.1 Å². The molecule has 0 saturated heterocycles. The van der Waals surface area contributed by atoms with Crippen molar-refractivity contribution in [2.45, 2.75) is 20.3 Å². The molecule has 0 bridgehead atoms. The molecule has 0 saturated carbocycles. The van der Waals surface area contributed by atoms with E-state index in [0.717, 1.165) is 15.7 Å². The van der Waals surface area contributed by atoms with Crippen LogP contribution in [0.3, 0.4) is 0 Å². The van der Waals surface area contributed by atoms with Crippen molar-refractivity contribution in [2.75, 3.05) is 15.8 Å². The Hall–Kier alpha value is -1.60. The molecule has 0 aliphatic rings. The monoisotopic (exact) mass is 383 g/mol. The van der Waals surface area contributed by atoms with E-state index in [-0.39, 0.29) is 5.75 Å². The van der Waals surface area contributed by atoms with Gasteiger partial charge in [0.05, 0.1) is 17.6 Å². The Morgan fingerprint density at radius 3 is 2.50 bits per heavy atom. The van der Waals surface area contributed by atoms with Crippen molar-refractivity contribution in [1.29, 1.82) is 0 Å². The molecular weight excluding hydrogens is 366 g/mol. The standard InChI is InChI=1S/C15H18BrN3O2S/c1-3-8-22(20,21)19-13-6-7-15(17-10-13)18-12-5-4-11(2)14(16)9-12/h4-7,9-10,19H,3,8H2,1-2H3,(H,17,18). The Balaban J connectivity index is 2.07. The number of anilines is 3. The fourth-order valence-corrected chi connectivity index (χ4v) is 3.34. The zero-order valence-corrected chi connectivity index (χ0v) is 14.8. The molecule has 0 aliphatic carbocycles. The second-order valence-electron chi connectivity index (χ2n) is 4.94. The third-order valence-electron chi connectivity index (χ3n) is 2.95. The highest BCUT2D eigenvalue weighted by Gasteiger charge is 2.08. The number of halogens is 1. The highest BCUT2D eigenvalue weighted by Crippen LogP contribution is 2.23. The van der Waals surface area contributed by atoms with Gasteiger partial charge in [0, 0.05) is 10.2 Å². The van der Waals surface area contributed by atoms with Gasteiger partial charge in [0.25, 0.3) is 0 Å². The Labute approximate surface area is 139 Å². The van der Waals surface area contributed by atoms with Crippen molar-refractivity contribution in [3.63, 3.8) is 0 Å². The predicted molar refractivity (Wildman–Crippen MR) is 94.1 cm³/mol. The minimum absolute atomic E-state index is 0.102. The van der Waals surface area contributed by atoms with Gasteiger partial charge < -0.3 is 5.32 Å². The van der Waals surface area contributed by atoms with Crippen LogP contribution >= 0.6 is 15.9 Å². The van der Waals surface area contributed by atoms with E-state index in [4.69, 9.17) is 0 Å². The van der Waals surface area contributed by atoms with Crippen LogP contribution in [0.5, 0.6) is 0 Å². The van der Waals surface area contributed by atoms with Crippen LogP contribution in [0.1, 0.15) is 18.9 Å². The molecule has 0 amide bonds. The summed E-state index contributed by atoms with van der Waals surface area (Å²) in [4.78, 5) is 4.22. The summed E-state index contributed by atoms with van der Waals surface area (Å²) in [6.45, 7) is 3.84. The number of hydrogen-bond acceptors (Lipinski definition) is 4. The normalized spacial score (nSPS) is 11.2. The van der Waals surface area contributed by atoms with Crippen molar-refractivity contribution in [3.8, 4) is 0 Å². The third kappa shape index (κ3) is 4.71. The van der Waals surface area contributed by atoms with Gasteiger partial charge in [-0.2, -0.15) is 0 Å². The first-order valence-corrected chi connectivity index (χ1v) is 9.34. The molecule has 0 aliphatic heterocycles. The number of rotatable bonds is 6. The van der Waals surface area contributed by atoms with Crippen LogP contribution in [0.25, 0.3) is 0 Å². The van der Waals surface area contributed by atoms with E-state index in [1.807, 2.05) is 32.0 Å². The van der Waals surface area contributed by atoms with E-state index in [2.05, 4.69) is 31.0 Å². The van der Waals surface area contributed by atoms with Crippen LogP contribution in [0.2, 0.25) is 0 Å².